The van der Waals surface area contributed by atoms with Crippen molar-refractivity contribution in [3.05, 3.63) is 0 Å². The van der Waals surface area contributed by atoms with Crippen LogP contribution in [0.1, 0.15) is 65.2 Å². The van der Waals surface area contributed by atoms with E-state index in [4.69, 9.17) is 10.2 Å². The van der Waals surface area contributed by atoms with Gasteiger partial charge >= 0.3 is 0 Å². The lowest BCUT2D eigenvalue weighted by molar-refractivity contribution is 0.165. The molecule has 0 fully saturated rings. The highest BCUT2D eigenvalue weighted by atomic mass is 16.3. The van der Waals surface area contributed by atoms with Gasteiger partial charge in [-0.05, 0) is 37.5 Å². The average Bonchev–Trinajstić information content (AvgIpc) is 2.26. The predicted octanol–water partition coefficient (Wildman–Crippen LogP) is 3.12. The number of unbranched alkanes of at least 4 members (excludes halogenated alkanes) is 1. The molecule has 0 aromatic rings. The van der Waals surface area contributed by atoms with Crippen LogP contribution in [0.4, 0.5) is 0 Å². The number of rotatable bonds is 10. The highest BCUT2D eigenvalue weighted by molar-refractivity contribution is 4.77. The highest BCUT2D eigenvalue weighted by Crippen LogP contribution is 2.38. The molecular weight excluding hydrogens is 188 g/mol. The van der Waals surface area contributed by atoms with E-state index in [9.17, 15) is 0 Å². The highest BCUT2D eigenvalue weighted by Gasteiger charge is 2.25. The van der Waals surface area contributed by atoms with Crippen molar-refractivity contribution in [2.24, 2.45) is 5.41 Å². The molecule has 1 unspecified atom stereocenters. The van der Waals surface area contributed by atoms with E-state index in [1.165, 1.54) is 25.7 Å². The zero-order valence-corrected chi connectivity index (χ0v) is 10.5. The number of aliphatic hydroxyl groups excluding tert-OH is 2. The Labute approximate surface area is 94.7 Å². The number of hydrogen-bond donors (Lipinski definition) is 2. The average molecular weight is 216 g/mol. The molecule has 0 rings (SSSR count). The Morgan fingerprint density at radius 1 is 0.800 bits per heavy atom. The summed E-state index contributed by atoms with van der Waals surface area (Å²) in [7, 11) is 0. The van der Waals surface area contributed by atoms with Crippen molar-refractivity contribution in [1.82, 2.24) is 0 Å². The molecule has 0 bridgehead atoms. The molecule has 15 heavy (non-hydrogen) atoms. The third kappa shape index (κ3) is 6.16. The first-order valence-corrected chi connectivity index (χ1v) is 6.46. The molecule has 1 atom stereocenters. The van der Waals surface area contributed by atoms with Crippen LogP contribution >= 0.6 is 0 Å². The first kappa shape index (κ1) is 14.9. The van der Waals surface area contributed by atoms with E-state index in [1.807, 2.05) is 0 Å². The lowest BCUT2D eigenvalue weighted by Gasteiger charge is -2.33. The fourth-order valence-corrected chi connectivity index (χ4v) is 2.50. The largest absolute Gasteiger partial charge is 0.396 e. The molecule has 0 aromatic carbocycles. The standard InChI is InChI=1S/C13H28O2/c1-3-8-13(4-2,10-7-12-15)9-5-6-11-14/h14-15H,3-12H2,1-2H3. The predicted molar refractivity (Wildman–Crippen MR) is 64.9 cm³/mol. The third-order valence-corrected chi connectivity index (χ3v) is 3.51. The van der Waals surface area contributed by atoms with Gasteiger partial charge in [-0.2, -0.15) is 0 Å². The Kier molecular flexibility index (Phi) is 9.12. The first-order valence-electron chi connectivity index (χ1n) is 6.46. The molecular formula is C13H28O2. The minimum absolute atomic E-state index is 0.311. The summed E-state index contributed by atoms with van der Waals surface area (Å²) in [6.07, 6.45) is 8.99. The Morgan fingerprint density at radius 2 is 1.40 bits per heavy atom. The van der Waals surface area contributed by atoms with Crippen molar-refractivity contribution in [1.29, 1.82) is 0 Å². The first-order chi connectivity index (χ1) is 7.24. The summed E-state index contributed by atoms with van der Waals surface area (Å²) < 4.78 is 0. The van der Waals surface area contributed by atoms with Gasteiger partial charge < -0.3 is 10.2 Å². The zero-order chi connectivity index (χ0) is 11.6. The minimum Gasteiger partial charge on any atom is -0.396 e. The van der Waals surface area contributed by atoms with E-state index in [1.54, 1.807) is 0 Å². The van der Waals surface area contributed by atoms with Gasteiger partial charge in [0.05, 0.1) is 0 Å². The van der Waals surface area contributed by atoms with Crippen molar-refractivity contribution in [2.45, 2.75) is 65.2 Å². The second kappa shape index (κ2) is 9.17. The van der Waals surface area contributed by atoms with Crippen LogP contribution < -0.4 is 0 Å². The number of hydrogen-bond acceptors (Lipinski definition) is 2. The van der Waals surface area contributed by atoms with Crippen LogP contribution in [0.25, 0.3) is 0 Å². The maximum Gasteiger partial charge on any atom is 0.0431 e. The number of aliphatic hydroxyl groups is 2. The van der Waals surface area contributed by atoms with Crippen molar-refractivity contribution in [2.75, 3.05) is 13.2 Å². The topological polar surface area (TPSA) is 40.5 Å². The van der Waals surface area contributed by atoms with Crippen LogP contribution in [0.5, 0.6) is 0 Å². The van der Waals surface area contributed by atoms with Crippen molar-refractivity contribution in [3.63, 3.8) is 0 Å². The molecule has 0 aliphatic rings. The van der Waals surface area contributed by atoms with Crippen LogP contribution in [-0.2, 0) is 0 Å². The fourth-order valence-electron chi connectivity index (χ4n) is 2.50. The van der Waals surface area contributed by atoms with Gasteiger partial charge in [0.2, 0.25) is 0 Å². The Hall–Kier alpha value is -0.0800. The minimum atomic E-state index is 0.311. The van der Waals surface area contributed by atoms with Gasteiger partial charge in [0, 0.05) is 13.2 Å². The molecule has 0 amide bonds. The van der Waals surface area contributed by atoms with Gasteiger partial charge in [0.25, 0.3) is 0 Å². The quantitative estimate of drug-likeness (QED) is 0.551. The maximum absolute atomic E-state index is 8.92. The Bertz CT molecular complexity index is 136. The molecule has 2 nitrogen and oxygen atoms in total. The molecule has 0 saturated heterocycles. The Morgan fingerprint density at radius 3 is 1.87 bits per heavy atom. The molecule has 2 N–H and O–H groups in total. The third-order valence-electron chi connectivity index (χ3n) is 3.51. The van der Waals surface area contributed by atoms with Crippen LogP contribution in [0.3, 0.4) is 0 Å². The van der Waals surface area contributed by atoms with Gasteiger partial charge in [-0.3, -0.25) is 0 Å². The molecule has 0 radical (unpaired) electrons. The summed E-state index contributed by atoms with van der Waals surface area (Å²) in [5.41, 5.74) is 0.423. The van der Waals surface area contributed by atoms with Crippen LogP contribution in [0.15, 0.2) is 0 Å². The normalized spacial score (nSPS) is 15.2. The van der Waals surface area contributed by atoms with Crippen LogP contribution in [0, 0.1) is 5.41 Å². The summed E-state index contributed by atoms with van der Waals surface area (Å²) in [6, 6.07) is 0. The molecule has 92 valence electrons. The van der Waals surface area contributed by atoms with Crippen LogP contribution in [0.2, 0.25) is 0 Å². The van der Waals surface area contributed by atoms with Gasteiger partial charge in [-0.25, -0.2) is 0 Å². The summed E-state index contributed by atoms with van der Waals surface area (Å²) >= 11 is 0. The van der Waals surface area contributed by atoms with E-state index < -0.39 is 0 Å². The zero-order valence-electron chi connectivity index (χ0n) is 10.5. The van der Waals surface area contributed by atoms with Crippen molar-refractivity contribution in [3.8, 4) is 0 Å². The summed E-state index contributed by atoms with van der Waals surface area (Å²) in [5, 5.41) is 17.7. The van der Waals surface area contributed by atoms with E-state index in [2.05, 4.69) is 13.8 Å². The van der Waals surface area contributed by atoms with E-state index in [0.29, 0.717) is 18.6 Å². The molecule has 2 heteroatoms. The lowest BCUT2D eigenvalue weighted by atomic mass is 9.73. The van der Waals surface area contributed by atoms with Crippen LogP contribution in [-0.4, -0.2) is 23.4 Å². The Balaban J connectivity index is 4.09. The van der Waals surface area contributed by atoms with Crippen molar-refractivity contribution >= 4 is 0 Å². The fraction of sp³-hybridized carbons (Fsp3) is 1.00. The van der Waals surface area contributed by atoms with E-state index in [0.717, 1.165) is 25.7 Å². The summed E-state index contributed by atoms with van der Waals surface area (Å²) in [6.45, 7) is 5.11. The summed E-state index contributed by atoms with van der Waals surface area (Å²) in [5.74, 6) is 0. The van der Waals surface area contributed by atoms with E-state index in [-0.39, 0.29) is 0 Å². The SMILES string of the molecule is CCCC(CC)(CCCO)CCCCO. The second-order valence-corrected chi connectivity index (χ2v) is 4.61. The molecule has 0 aliphatic heterocycles. The van der Waals surface area contributed by atoms with E-state index >= 15 is 0 Å². The molecule has 0 aliphatic carbocycles. The van der Waals surface area contributed by atoms with Gasteiger partial charge in [0.1, 0.15) is 0 Å². The van der Waals surface area contributed by atoms with Gasteiger partial charge in [-0.1, -0.05) is 33.1 Å². The van der Waals surface area contributed by atoms with Gasteiger partial charge in [0.15, 0.2) is 0 Å². The summed E-state index contributed by atoms with van der Waals surface area (Å²) in [4.78, 5) is 0. The van der Waals surface area contributed by atoms with Gasteiger partial charge in [-0.15, -0.1) is 0 Å². The maximum atomic E-state index is 8.92. The van der Waals surface area contributed by atoms with Crippen molar-refractivity contribution < 1.29 is 10.2 Å². The second-order valence-electron chi connectivity index (χ2n) is 4.61. The molecule has 0 heterocycles. The molecule has 0 spiro atoms. The smallest absolute Gasteiger partial charge is 0.0431 e. The molecule has 0 aromatic heterocycles. The molecule has 0 saturated carbocycles. The lowest BCUT2D eigenvalue weighted by Crippen LogP contribution is -2.20. The monoisotopic (exact) mass is 216 g/mol.